The number of halogens is 4. The van der Waals surface area contributed by atoms with Crippen molar-refractivity contribution in [2.45, 2.75) is 6.61 Å². The Hall–Kier alpha value is -2.51. The number of rotatable bonds is 5. The second kappa shape index (κ2) is 9.96. The summed E-state index contributed by atoms with van der Waals surface area (Å²) in [6, 6.07) is 16.3. The highest BCUT2D eigenvalue weighted by Crippen LogP contribution is 2.37. The third-order valence-corrected chi connectivity index (χ3v) is 6.20. The minimum Gasteiger partial charge on any atom is -0.486 e. The maximum absolute atomic E-state index is 13.0. The van der Waals surface area contributed by atoms with Gasteiger partial charge in [-0.3, -0.25) is 4.79 Å². The average Bonchev–Trinajstić information content (AvgIpc) is 3.09. The molecule has 1 amide bonds. The zero-order valence-electron chi connectivity index (χ0n) is 16.2. The Morgan fingerprint density at radius 1 is 1.00 bits per heavy atom. The third-order valence-electron chi connectivity index (χ3n) is 4.36. The molecule has 4 rings (SSSR count). The molecule has 0 aromatic heterocycles. The lowest BCUT2D eigenvalue weighted by molar-refractivity contribution is -0.115. The summed E-state index contributed by atoms with van der Waals surface area (Å²) >= 11 is 20.1. The van der Waals surface area contributed by atoms with Gasteiger partial charge in [-0.2, -0.15) is 0 Å². The van der Waals surface area contributed by atoms with E-state index in [0.29, 0.717) is 42.1 Å². The van der Waals surface area contributed by atoms with Crippen LogP contribution in [0.25, 0.3) is 6.08 Å². The number of benzene rings is 3. The SMILES string of the molecule is O=C1NC(=Nc2ccc(F)cc2)S/C1=C/c1cc(Cl)c(OCc2ccccc2Cl)c(Cl)c1. The van der Waals surface area contributed by atoms with Crippen LogP contribution in [0.4, 0.5) is 10.1 Å². The highest BCUT2D eigenvalue weighted by molar-refractivity contribution is 8.18. The van der Waals surface area contributed by atoms with Crippen molar-refractivity contribution < 1.29 is 13.9 Å². The molecule has 0 aliphatic carbocycles. The second-order valence-corrected chi connectivity index (χ2v) is 8.90. The smallest absolute Gasteiger partial charge is 0.264 e. The molecular formula is C23H14Cl3FN2O2S. The highest BCUT2D eigenvalue weighted by Gasteiger charge is 2.24. The second-order valence-electron chi connectivity index (χ2n) is 6.65. The van der Waals surface area contributed by atoms with Crippen molar-refractivity contribution >= 4 is 69.4 Å². The predicted octanol–water partition coefficient (Wildman–Crippen LogP) is 7.26. The van der Waals surface area contributed by atoms with E-state index in [1.165, 1.54) is 24.3 Å². The molecule has 1 aliphatic rings. The Balaban J connectivity index is 1.51. The number of carbonyl (C=O) groups is 1. The molecule has 0 unspecified atom stereocenters. The van der Waals surface area contributed by atoms with Crippen molar-refractivity contribution in [3.63, 3.8) is 0 Å². The maximum atomic E-state index is 13.0. The van der Waals surface area contributed by atoms with E-state index in [-0.39, 0.29) is 18.3 Å². The summed E-state index contributed by atoms with van der Waals surface area (Å²) in [6.07, 6.45) is 1.66. The molecule has 162 valence electrons. The minimum absolute atomic E-state index is 0.209. The van der Waals surface area contributed by atoms with Crippen LogP contribution in [0.3, 0.4) is 0 Å². The summed E-state index contributed by atoms with van der Waals surface area (Å²) in [5, 5.41) is 4.27. The van der Waals surface area contributed by atoms with E-state index in [2.05, 4.69) is 10.3 Å². The number of amides is 1. The monoisotopic (exact) mass is 506 g/mol. The van der Waals surface area contributed by atoms with E-state index in [1.807, 2.05) is 18.2 Å². The summed E-state index contributed by atoms with van der Waals surface area (Å²) < 4.78 is 18.8. The molecule has 0 saturated carbocycles. The first-order chi connectivity index (χ1) is 15.4. The highest BCUT2D eigenvalue weighted by atomic mass is 35.5. The number of hydrogen-bond donors (Lipinski definition) is 1. The van der Waals surface area contributed by atoms with Gasteiger partial charge < -0.3 is 10.1 Å². The molecular weight excluding hydrogens is 494 g/mol. The van der Waals surface area contributed by atoms with E-state index in [1.54, 1.807) is 24.3 Å². The first kappa shape index (κ1) is 22.7. The van der Waals surface area contributed by atoms with Gasteiger partial charge in [-0.25, -0.2) is 9.38 Å². The molecule has 3 aromatic rings. The minimum atomic E-state index is -0.356. The Kier molecular flexibility index (Phi) is 7.06. The van der Waals surface area contributed by atoms with Crippen LogP contribution >= 0.6 is 46.6 Å². The Morgan fingerprint density at radius 3 is 2.38 bits per heavy atom. The predicted molar refractivity (Wildman–Crippen MR) is 129 cm³/mol. The van der Waals surface area contributed by atoms with Gasteiger partial charge in [0.25, 0.3) is 5.91 Å². The van der Waals surface area contributed by atoms with Gasteiger partial charge in [0.15, 0.2) is 10.9 Å². The fourth-order valence-electron chi connectivity index (χ4n) is 2.83. The van der Waals surface area contributed by atoms with Crippen LogP contribution < -0.4 is 10.1 Å². The lowest BCUT2D eigenvalue weighted by Crippen LogP contribution is -2.19. The van der Waals surface area contributed by atoms with Crippen molar-refractivity contribution in [2.75, 3.05) is 0 Å². The summed E-state index contributed by atoms with van der Waals surface area (Å²) in [5.41, 5.74) is 1.96. The topological polar surface area (TPSA) is 50.7 Å². The van der Waals surface area contributed by atoms with Crippen LogP contribution in [-0.2, 0) is 11.4 Å². The number of nitrogens with zero attached hydrogens (tertiary/aromatic N) is 1. The largest absolute Gasteiger partial charge is 0.486 e. The molecule has 4 nitrogen and oxygen atoms in total. The molecule has 1 aliphatic heterocycles. The number of carbonyl (C=O) groups excluding carboxylic acids is 1. The summed E-state index contributed by atoms with van der Waals surface area (Å²) in [7, 11) is 0. The molecule has 0 spiro atoms. The molecule has 1 heterocycles. The lowest BCUT2D eigenvalue weighted by atomic mass is 10.2. The molecule has 1 fully saturated rings. The Morgan fingerprint density at radius 2 is 1.69 bits per heavy atom. The van der Waals surface area contributed by atoms with Crippen LogP contribution in [0, 0.1) is 5.82 Å². The molecule has 32 heavy (non-hydrogen) atoms. The average molecular weight is 508 g/mol. The first-order valence-corrected chi connectivity index (χ1v) is 11.2. The van der Waals surface area contributed by atoms with Gasteiger partial charge in [-0.05, 0) is 65.9 Å². The normalized spacial score (nSPS) is 15.9. The van der Waals surface area contributed by atoms with Crippen molar-refractivity contribution in [2.24, 2.45) is 4.99 Å². The van der Waals surface area contributed by atoms with Gasteiger partial charge in [0.2, 0.25) is 0 Å². The van der Waals surface area contributed by atoms with Gasteiger partial charge in [0, 0.05) is 10.6 Å². The molecule has 3 aromatic carbocycles. The van der Waals surface area contributed by atoms with Crippen LogP contribution in [0.1, 0.15) is 11.1 Å². The Bertz CT molecular complexity index is 1220. The van der Waals surface area contributed by atoms with Crippen molar-refractivity contribution in [3.8, 4) is 5.75 Å². The van der Waals surface area contributed by atoms with Gasteiger partial charge in [0.1, 0.15) is 12.4 Å². The maximum Gasteiger partial charge on any atom is 0.264 e. The van der Waals surface area contributed by atoms with Gasteiger partial charge in [-0.1, -0.05) is 53.0 Å². The fraction of sp³-hybridized carbons (Fsp3) is 0.0435. The van der Waals surface area contributed by atoms with Gasteiger partial charge in [0.05, 0.1) is 20.6 Å². The van der Waals surface area contributed by atoms with Crippen LogP contribution in [0.5, 0.6) is 5.75 Å². The number of hydrogen-bond acceptors (Lipinski definition) is 4. The first-order valence-electron chi connectivity index (χ1n) is 9.29. The summed E-state index contributed by atoms with van der Waals surface area (Å²) in [6.45, 7) is 0.209. The molecule has 0 bridgehead atoms. The van der Waals surface area contributed by atoms with Crippen LogP contribution in [0.2, 0.25) is 15.1 Å². The standard InChI is InChI=1S/C23H14Cl3FN2O2S/c24-17-4-2-1-3-14(17)12-31-21-18(25)9-13(10-19(21)26)11-20-22(30)29-23(32-20)28-16-7-5-15(27)6-8-16/h1-11H,12H2,(H,28,29,30)/b20-11+. The Labute approximate surface area is 203 Å². The molecule has 1 saturated heterocycles. The number of nitrogens with one attached hydrogen (secondary N) is 1. The fourth-order valence-corrected chi connectivity index (χ4v) is 4.48. The zero-order chi connectivity index (χ0) is 22.7. The van der Waals surface area contributed by atoms with Crippen molar-refractivity contribution in [1.82, 2.24) is 5.32 Å². The summed E-state index contributed by atoms with van der Waals surface area (Å²) in [4.78, 5) is 17.0. The van der Waals surface area contributed by atoms with E-state index >= 15 is 0 Å². The molecule has 1 N–H and O–H groups in total. The molecule has 0 atom stereocenters. The molecule has 0 radical (unpaired) electrons. The number of ether oxygens (including phenoxy) is 1. The van der Waals surface area contributed by atoms with Gasteiger partial charge >= 0.3 is 0 Å². The van der Waals surface area contributed by atoms with E-state index in [9.17, 15) is 9.18 Å². The number of amidine groups is 1. The number of thioether (sulfide) groups is 1. The van der Waals surface area contributed by atoms with Crippen LogP contribution in [-0.4, -0.2) is 11.1 Å². The summed E-state index contributed by atoms with van der Waals surface area (Å²) in [5.74, 6) is -0.328. The van der Waals surface area contributed by atoms with Crippen molar-refractivity contribution in [3.05, 3.63) is 97.6 Å². The van der Waals surface area contributed by atoms with E-state index in [0.717, 1.165) is 17.3 Å². The van der Waals surface area contributed by atoms with Crippen molar-refractivity contribution in [1.29, 1.82) is 0 Å². The third kappa shape index (κ3) is 5.45. The molecule has 9 heteroatoms. The number of aliphatic imine (C=N–C) groups is 1. The lowest BCUT2D eigenvalue weighted by Gasteiger charge is -2.12. The van der Waals surface area contributed by atoms with E-state index in [4.69, 9.17) is 39.5 Å². The quantitative estimate of drug-likeness (QED) is 0.370. The zero-order valence-corrected chi connectivity index (χ0v) is 19.3. The van der Waals surface area contributed by atoms with Crippen LogP contribution in [0.15, 0.2) is 70.6 Å². The van der Waals surface area contributed by atoms with E-state index < -0.39 is 0 Å². The van der Waals surface area contributed by atoms with Gasteiger partial charge in [-0.15, -0.1) is 0 Å².